The molecule has 2 N–H and O–H groups in total. The maximum Gasteiger partial charge on any atom is -0.00136 e. The third-order valence-electron chi connectivity index (χ3n) is 4.58. The number of hydrogen-bond donors (Lipinski definition) is 1. The summed E-state index contributed by atoms with van der Waals surface area (Å²) in [6.07, 6.45) is 7.91. The fourth-order valence-corrected chi connectivity index (χ4v) is 3.00. The highest BCUT2D eigenvalue weighted by molar-refractivity contribution is 4.77. The lowest BCUT2D eigenvalue weighted by Crippen LogP contribution is -2.28. The summed E-state index contributed by atoms with van der Waals surface area (Å²) in [6, 6.07) is 0. The van der Waals surface area contributed by atoms with Gasteiger partial charge in [0, 0.05) is 0 Å². The average Bonchev–Trinajstić information content (AvgIpc) is 2.40. The van der Waals surface area contributed by atoms with Crippen LogP contribution < -0.4 is 5.73 Å². The number of nitrogens with two attached hydrogens (primary N) is 1. The van der Waals surface area contributed by atoms with Crippen LogP contribution >= 0.6 is 0 Å². The Bertz CT molecular complexity index is 233. The zero-order valence-corrected chi connectivity index (χ0v) is 13.1. The normalized spacial score (nSPS) is 21.8. The van der Waals surface area contributed by atoms with Crippen LogP contribution in [-0.4, -0.2) is 31.1 Å². The Hall–Kier alpha value is -0.0800. The lowest BCUT2D eigenvalue weighted by atomic mass is 9.84. The molecule has 108 valence electrons. The Kier molecular flexibility index (Phi) is 6.13. The summed E-state index contributed by atoms with van der Waals surface area (Å²) in [7, 11) is 0. The highest BCUT2D eigenvalue weighted by Gasteiger charge is 2.23. The van der Waals surface area contributed by atoms with Crippen LogP contribution in [0.3, 0.4) is 0 Å². The first kappa shape index (κ1) is 16.0. The molecule has 18 heavy (non-hydrogen) atoms. The van der Waals surface area contributed by atoms with Crippen LogP contribution in [-0.2, 0) is 0 Å². The second-order valence-corrected chi connectivity index (χ2v) is 7.67. The summed E-state index contributed by atoms with van der Waals surface area (Å²) < 4.78 is 0. The van der Waals surface area contributed by atoms with E-state index in [1.807, 2.05) is 0 Å². The van der Waals surface area contributed by atoms with Crippen LogP contribution in [0.4, 0.5) is 0 Å². The monoisotopic (exact) mass is 254 g/mol. The van der Waals surface area contributed by atoms with E-state index in [0.717, 1.165) is 13.0 Å². The zero-order valence-electron chi connectivity index (χ0n) is 13.1. The molecule has 0 spiro atoms. The molecule has 0 atom stereocenters. The summed E-state index contributed by atoms with van der Waals surface area (Å²) in [5, 5.41) is 0. The highest BCUT2D eigenvalue weighted by atomic mass is 15.1. The molecular weight excluding hydrogens is 220 g/mol. The molecule has 0 aliphatic carbocycles. The number of nitrogens with zero attached hydrogens (tertiary/aromatic N) is 1. The third kappa shape index (κ3) is 6.19. The van der Waals surface area contributed by atoms with Crippen LogP contribution in [0, 0.1) is 10.8 Å². The first-order valence-electron chi connectivity index (χ1n) is 7.77. The van der Waals surface area contributed by atoms with Crippen molar-refractivity contribution in [2.24, 2.45) is 16.6 Å². The molecule has 1 fully saturated rings. The van der Waals surface area contributed by atoms with E-state index in [-0.39, 0.29) is 0 Å². The molecule has 0 aromatic heterocycles. The lowest BCUT2D eigenvalue weighted by Gasteiger charge is -2.27. The van der Waals surface area contributed by atoms with Gasteiger partial charge in [-0.25, -0.2) is 0 Å². The van der Waals surface area contributed by atoms with Gasteiger partial charge in [-0.15, -0.1) is 0 Å². The molecule has 0 aromatic rings. The van der Waals surface area contributed by atoms with E-state index in [2.05, 4.69) is 32.6 Å². The first-order valence-corrected chi connectivity index (χ1v) is 7.77. The van der Waals surface area contributed by atoms with Gasteiger partial charge < -0.3 is 10.6 Å². The highest BCUT2D eigenvalue weighted by Crippen LogP contribution is 2.30. The summed E-state index contributed by atoms with van der Waals surface area (Å²) in [5.41, 5.74) is 6.66. The van der Waals surface area contributed by atoms with E-state index in [9.17, 15) is 0 Å². The minimum Gasteiger partial charge on any atom is -0.330 e. The van der Waals surface area contributed by atoms with Crippen LogP contribution in [0.1, 0.15) is 66.2 Å². The van der Waals surface area contributed by atoms with Gasteiger partial charge in [0.25, 0.3) is 0 Å². The van der Waals surface area contributed by atoms with Gasteiger partial charge in [0.2, 0.25) is 0 Å². The van der Waals surface area contributed by atoms with Gasteiger partial charge in [-0.1, -0.05) is 27.7 Å². The Morgan fingerprint density at radius 2 is 1.83 bits per heavy atom. The van der Waals surface area contributed by atoms with Crippen molar-refractivity contribution in [3.8, 4) is 0 Å². The smallest absolute Gasteiger partial charge is 0.00136 e. The van der Waals surface area contributed by atoms with E-state index in [0.29, 0.717) is 10.8 Å². The number of rotatable bonds is 6. The van der Waals surface area contributed by atoms with Crippen LogP contribution in [0.15, 0.2) is 0 Å². The molecule has 0 bridgehead atoms. The predicted octanol–water partition coefficient (Wildman–Crippen LogP) is 3.65. The largest absolute Gasteiger partial charge is 0.330 e. The molecule has 2 heteroatoms. The Morgan fingerprint density at radius 3 is 2.50 bits per heavy atom. The van der Waals surface area contributed by atoms with Crippen molar-refractivity contribution in [2.75, 3.05) is 26.2 Å². The molecule has 1 heterocycles. The van der Waals surface area contributed by atoms with Crippen LogP contribution in [0.5, 0.6) is 0 Å². The molecule has 1 aliphatic rings. The second kappa shape index (κ2) is 6.91. The van der Waals surface area contributed by atoms with Crippen LogP contribution in [0.2, 0.25) is 0 Å². The van der Waals surface area contributed by atoms with Crippen molar-refractivity contribution in [3.05, 3.63) is 0 Å². The third-order valence-corrected chi connectivity index (χ3v) is 4.58. The quantitative estimate of drug-likeness (QED) is 0.784. The van der Waals surface area contributed by atoms with Gasteiger partial charge >= 0.3 is 0 Å². The molecular formula is C16H34N2. The number of hydrogen-bond acceptors (Lipinski definition) is 2. The minimum atomic E-state index is 0.430. The van der Waals surface area contributed by atoms with Gasteiger partial charge in [0.1, 0.15) is 0 Å². The summed E-state index contributed by atoms with van der Waals surface area (Å²) in [4.78, 5) is 2.67. The topological polar surface area (TPSA) is 29.3 Å². The van der Waals surface area contributed by atoms with Gasteiger partial charge in [-0.05, 0) is 75.5 Å². The maximum atomic E-state index is 5.67. The molecule has 1 saturated heterocycles. The maximum absolute atomic E-state index is 5.67. The molecule has 1 aliphatic heterocycles. The Labute approximate surface area is 114 Å². The summed E-state index contributed by atoms with van der Waals surface area (Å²) in [5.74, 6) is 0. The second-order valence-electron chi connectivity index (χ2n) is 7.67. The van der Waals surface area contributed by atoms with Gasteiger partial charge in [-0.2, -0.15) is 0 Å². The van der Waals surface area contributed by atoms with E-state index in [4.69, 9.17) is 5.73 Å². The molecule has 0 aromatic carbocycles. The van der Waals surface area contributed by atoms with Crippen molar-refractivity contribution >= 4 is 0 Å². The molecule has 0 saturated carbocycles. The van der Waals surface area contributed by atoms with Gasteiger partial charge in [0.05, 0.1) is 0 Å². The van der Waals surface area contributed by atoms with Gasteiger partial charge in [-0.3, -0.25) is 0 Å². The molecule has 1 rings (SSSR count). The standard InChI is InChI=1S/C16H34N2/c1-15(2,9-11-17)7-5-12-18-13-6-8-16(3,4)10-14-18/h5-14,17H2,1-4H3. The van der Waals surface area contributed by atoms with Crippen molar-refractivity contribution in [3.63, 3.8) is 0 Å². The molecule has 0 radical (unpaired) electrons. The van der Waals surface area contributed by atoms with E-state index in [1.54, 1.807) is 0 Å². The molecule has 0 unspecified atom stereocenters. The van der Waals surface area contributed by atoms with Crippen molar-refractivity contribution in [1.29, 1.82) is 0 Å². The molecule has 0 amide bonds. The fourth-order valence-electron chi connectivity index (χ4n) is 3.00. The number of likely N-dealkylation sites (tertiary alicyclic amines) is 1. The zero-order chi connectivity index (χ0) is 13.6. The average molecular weight is 254 g/mol. The lowest BCUT2D eigenvalue weighted by molar-refractivity contribution is 0.231. The Morgan fingerprint density at radius 1 is 1.11 bits per heavy atom. The predicted molar refractivity (Wildman–Crippen MR) is 80.8 cm³/mol. The van der Waals surface area contributed by atoms with Crippen molar-refractivity contribution in [2.45, 2.75) is 66.2 Å². The van der Waals surface area contributed by atoms with E-state index in [1.165, 1.54) is 51.7 Å². The first-order chi connectivity index (χ1) is 8.35. The summed E-state index contributed by atoms with van der Waals surface area (Å²) in [6.45, 7) is 14.2. The van der Waals surface area contributed by atoms with Crippen molar-refractivity contribution in [1.82, 2.24) is 4.90 Å². The van der Waals surface area contributed by atoms with E-state index >= 15 is 0 Å². The van der Waals surface area contributed by atoms with Gasteiger partial charge in [0.15, 0.2) is 0 Å². The fraction of sp³-hybridized carbons (Fsp3) is 1.00. The molecule has 2 nitrogen and oxygen atoms in total. The summed E-state index contributed by atoms with van der Waals surface area (Å²) >= 11 is 0. The Balaban J connectivity index is 2.23. The van der Waals surface area contributed by atoms with Crippen molar-refractivity contribution < 1.29 is 0 Å². The van der Waals surface area contributed by atoms with E-state index < -0.39 is 0 Å². The minimum absolute atomic E-state index is 0.430. The van der Waals surface area contributed by atoms with Crippen LogP contribution in [0.25, 0.3) is 0 Å². The SMILES string of the molecule is CC(C)(CCN)CCCN1CCCC(C)(C)CC1.